The highest BCUT2D eigenvalue weighted by atomic mass is 32.1. The molecule has 18 heavy (non-hydrogen) atoms. The van der Waals surface area contributed by atoms with Crippen LogP contribution in [0.15, 0.2) is 0 Å². The van der Waals surface area contributed by atoms with E-state index >= 15 is 0 Å². The molecule has 0 aromatic heterocycles. The van der Waals surface area contributed by atoms with Gasteiger partial charge in [0.2, 0.25) is 0 Å². The predicted octanol–water partition coefficient (Wildman–Crippen LogP) is 1.22. The first-order valence-corrected chi connectivity index (χ1v) is 6.76. The van der Waals surface area contributed by atoms with Crippen molar-refractivity contribution in [1.29, 1.82) is 0 Å². The second kappa shape index (κ2) is 6.89. The van der Waals surface area contributed by atoms with Crippen LogP contribution in [0.25, 0.3) is 0 Å². The van der Waals surface area contributed by atoms with Gasteiger partial charge in [-0.25, -0.2) is 0 Å². The van der Waals surface area contributed by atoms with Crippen LogP contribution >= 0.6 is 24.4 Å². The molecule has 1 aliphatic heterocycles. The quantitative estimate of drug-likeness (QED) is 0.724. The Bertz CT molecular complexity index is 338. The molecule has 0 N–H and O–H groups in total. The molecule has 1 rings (SSSR count). The number of Topliss-reactive ketones (excluding diaryl/α,β-unsaturated/α-hetero) is 2. The number of rotatable bonds is 4. The van der Waals surface area contributed by atoms with Gasteiger partial charge in [0.05, 0.1) is 22.8 Å². The van der Waals surface area contributed by atoms with Crippen LogP contribution in [0.2, 0.25) is 0 Å². The second-order valence-corrected chi connectivity index (χ2v) is 5.46. The van der Waals surface area contributed by atoms with Crippen LogP contribution in [0.4, 0.5) is 0 Å². The number of piperazine rings is 1. The summed E-state index contributed by atoms with van der Waals surface area (Å²) in [5.74, 6) is 0.184. The van der Waals surface area contributed by atoms with Crippen molar-refractivity contribution in [3.05, 3.63) is 0 Å². The molecular weight excluding hydrogens is 268 g/mol. The SMILES string of the molecule is CC(=O)CC(=S)N1CCN(C(=S)CC(C)=O)CC1. The summed E-state index contributed by atoms with van der Waals surface area (Å²) in [7, 11) is 0. The van der Waals surface area contributed by atoms with Gasteiger partial charge in [0.15, 0.2) is 0 Å². The molecule has 1 saturated heterocycles. The van der Waals surface area contributed by atoms with E-state index in [4.69, 9.17) is 24.4 Å². The molecule has 0 aliphatic carbocycles. The molecule has 1 fully saturated rings. The van der Waals surface area contributed by atoms with Crippen LogP contribution in [0, 0.1) is 0 Å². The number of carbonyl (C=O) groups is 2. The summed E-state index contributed by atoms with van der Waals surface area (Å²) in [6, 6.07) is 0. The first-order valence-electron chi connectivity index (χ1n) is 5.94. The van der Waals surface area contributed by atoms with E-state index in [1.807, 2.05) is 9.80 Å². The molecule has 0 aromatic rings. The highest BCUT2D eigenvalue weighted by Gasteiger charge is 2.21. The fourth-order valence-electron chi connectivity index (χ4n) is 1.85. The van der Waals surface area contributed by atoms with Crippen LogP contribution in [0.3, 0.4) is 0 Å². The van der Waals surface area contributed by atoms with Crippen molar-refractivity contribution in [1.82, 2.24) is 9.80 Å². The van der Waals surface area contributed by atoms with E-state index < -0.39 is 0 Å². The van der Waals surface area contributed by atoms with Gasteiger partial charge in [-0.15, -0.1) is 0 Å². The Labute approximate surface area is 118 Å². The minimum atomic E-state index is 0.0922. The third-order valence-electron chi connectivity index (χ3n) is 2.79. The third-order valence-corrected chi connectivity index (χ3v) is 3.59. The monoisotopic (exact) mass is 286 g/mol. The predicted molar refractivity (Wildman–Crippen MR) is 78.9 cm³/mol. The topological polar surface area (TPSA) is 40.6 Å². The summed E-state index contributed by atoms with van der Waals surface area (Å²) < 4.78 is 0. The minimum absolute atomic E-state index is 0.0922. The number of ketones is 2. The average Bonchev–Trinajstić information content (AvgIpc) is 2.27. The molecule has 0 radical (unpaired) electrons. The van der Waals surface area contributed by atoms with Gasteiger partial charge in [-0.3, -0.25) is 9.59 Å². The summed E-state index contributed by atoms with van der Waals surface area (Å²) in [6.45, 7) is 6.16. The van der Waals surface area contributed by atoms with Gasteiger partial charge in [-0.1, -0.05) is 24.4 Å². The fraction of sp³-hybridized carbons (Fsp3) is 0.667. The lowest BCUT2D eigenvalue weighted by molar-refractivity contribution is -0.116. The summed E-state index contributed by atoms with van der Waals surface area (Å²) in [5.41, 5.74) is 0. The molecule has 100 valence electrons. The molecular formula is C12H18N2O2S2. The zero-order valence-electron chi connectivity index (χ0n) is 10.8. The second-order valence-electron chi connectivity index (χ2n) is 4.52. The van der Waals surface area contributed by atoms with Gasteiger partial charge in [0.1, 0.15) is 11.6 Å². The Hall–Kier alpha value is -0.880. The van der Waals surface area contributed by atoms with E-state index in [-0.39, 0.29) is 11.6 Å². The Balaban J connectivity index is 2.41. The standard InChI is InChI=1S/C12H18N2O2S2/c1-9(15)7-11(17)13-3-5-14(6-4-13)12(18)8-10(2)16/h3-8H2,1-2H3. The third kappa shape index (κ3) is 4.78. The van der Waals surface area contributed by atoms with E-state index in [0.29, 0.717) is 22.8 Å². The Morgan fingerprint density at radius 1 is 0.833 bits per heavy atom. The van der Waals surface area contributed by atoms with Crippen LogP contribution in [-0.4, -0.2) is 57.5 Å². The van der Waals surface area contributed by atoms with Gasteiger partial charge in [0.25, 0.3) is 0 Å². The smallest absolute Gasteiger partial charge is 0.136 e. The number of thiocarbonyl (C=S) groups is 2. The molecule has 1 heterocycles. The maximum Gasteiger partial charge on any atom is 0.136 e. The molecule has 0 atom stereocenters. The van der Waals surface area contributed by atoms with Crippen molar-refractivity contribution in [3.63, 3.8) is 0 Å². The number of hydrogen-bond acceptors (Lipinski definition) is 4. The maximum absolute atomic E-state index is 11.0. The summed E-state index contributed by atoms with van der Waals surface area (Å²) >= 11 is 10.4. The highest BCUT2D eigenvalue weighted by molar-refractivity contribution is 7.80. The van der Waals surface area contributed by atoms with E-state index in [9.17, 15) is 9.59 Å². The van der Waals surface area contributed by atoms with E-state index in [1.54, 1.807) is 13.8 Å². The molecule has 6 heteroatoms. The van der Waals surface area contributed by atoms with Crippen molar-refractivity contribution in [2.75, 3.05) is 26.2 Å². The van der Waals surface area contributed by atoms with Gasteiger partial charge in [0, 0.05) is 26.2 Å². The molecule has 0 spiro atoms. The number of hydrogen-bond donors (Lipinski definition) is 0. The van der Waals surface area contributed by atoms with Crippen LogP contribution < -0.4 is 0 Å². The first kappa shape index (κ1) is 15.2. The zero-order chi connectivity index (χ0) is 13.7. The molecule has 4 nitrogen and oxygen atoms in total. The lowest BCUT2D eigenvalue weighted by atomic mass is 10.2. The number of carbonyl (C=O) groups excluding carboxylic acids is 2. The summed E-state index contributed by atoms with van der Waals surface area (Å²) in [6.07, 6.45) is 0.681. The van der Waals surface area contributed by atoms with Crippen molar-refractivity contribution >= 4 is 46.0 Å². The van der Waals surface area contributed by atoms with E-state index in [1.165, 1.54) is 0 Å². The largest absolute Gasteiger partial charge is 0.362 e. The summed E-state index contributed by atoms with van der Waals surface area (Å²) in [4.78, 5) is 27.5. The molecule has 0 saturated carbocycles. The molecule has 0 bridgehead atoms. The molecule has 0 amide bonds. The lowest BCUT2D eigenvalue weighted by Crippen LogP contribution is -2.50. The molecule has 1 aliphatic rings. The van der Waals surface area contributed by atoms with Gasteiger partial charge < -0.3 is 9.80 Å². The Kier molecular flexibility index (Phi) is 5.81. The van der Waals surface area contributed by atoms with Crippen LogP contribution in [-0.2, 0) is 9.59 Å². The van der Waals surface area contributed by atoms with Crippen molar-refractivity contribution < 1.29 is 9.59 Å². The Morgan fingerprint density at radius 3 is 1.33 bits per heavy atom. The van der Waals surface area contributed by atoms with Gasteiger partial charge >= 0.3 is 0 Å². The Morgan fingerprint density at radius 2 is 1.11 bits per heavy atom. The van der Waals surface area contributed by atoms with Crippen LogP contribution in [0.5, 0.6) is 0 Å². The molecule has 0 aromatic carbocycles. The van der Waals surface area contributed by atoms with Gasteiger partial charge in [-0.05, 0) is 13.8 Å². The van der Waals surface area contributed by atoms with E-state index in [2.05, 4.69) is 0 Å². The summed E-state index contributed by atoms with van der Waals surface area (Å²) in [5, 5.41) is 0. The van der Waals surface area contributed by atoms with Crippen molar-refractivity contribution in [3.8, 4) is 0 Å². The average molecular weight is 286 g/mol. The molecule has 0 unspecified atom stereocenters. The van der Waals surface area contributed by atoms with Crippen molar-refractivity contribution in [2.45, 2.75) is 26.7 Å². The fourth-order valence-corrected chi connectivity index (χ4v) is 2.63. The van der Waals surface area contributed by atoms with Gasteiger partial charge in [-0.2, -0.15) is 0 Å². The normalized spacial score (nSPS) is 15.4. The van der Waals surface area contributed by atoms with E-state index in [0.717, 1.165) is 26.2 Å². The van der Waals surface area contributed by atoms with Crippen LogP contribution in [0.1, 0.15) is 26.7 Å². The lowest BCUT2D eigenvalue weighted by Gasteiger charge is -2.37. The maximum atomic E-state index is 11.0. The first-order chi connectivity index (χ1) is 8.40. The minimum Gasteiger partial charge on any atom is -0.362 e. The highest BCUT2D eigenvalue weighted by Crippen LogP contribution is 2.08. The van der Waals surface area contributed by atoms with Crippen molar-refractivity contribution in [2.24, 2.45) is 0 Å². The number of nitrogens with zero attached hydrogens (tertiary/aromatic N) is 2. The zero-order valence-corrected chi connectivity index (χ0v) is 12.4.